The van der Waals surface area contributed by atoms with E-state index in [9.17, 15) is 5.11 Å². The quantitative estimate of drug-likeness (QED) is 0.654. The van der Waals surface area contributed by atoms with Gasteiger partial charge in [0.25, 0.3) is 0 Å². The van der Waals surface area contributed by atoms with Gasteiger partial charge in [-0.2, -0.15) is 0 Å². The molecule has 2 heterocycles. The van der Waals surface area contributed by atoms with Crippen LogP contribution in [0.3, 0.4) is 0 Å². The highest BCUT2D eigenvalue weighted by Gasteiger charge is 2.37. The molecule has 0 atom stereocenters. The van der Waals surface area contributed by atoms with E-state index in [1.54, 1.807) is 12.1 Å². The second kappa shape index (κ2) is 3.57. The number of hydrogen-bond donors (Lipinski definition) is 1. The molecule has 0 unspecified atom stereocenters. The average molecular weight is 266 g/mol. The molecule has 1 aliphatic rings. The zero-order valence-electron chi connectivity index (χ0n) is 11.3. The van der Waals surface area contributed by atoms with Crippen molar-refractivity contribution in [2.24, 2.45) is 0 Å². The van der Waals surface area contributed by atoms with Crippen LogP contribution in [0.15, 0.2) is 46.9 Å². The zero-order valence-corrected chi connectivity index (χ0v) is 11.3. The molecule has 0 aliphatic carbocycles. The number of aromatic hydroxyl groups is 1. The van der Waals surface area contributed by atoms with Crippen LogP contribution in [0, 0.1) is 0 Å². The third-order valence-corrected chi connectivity index (χ3v) is 3.74. The molecule has 0 spiro atoms. The summed E-state index contributed by atoms with van der Waals surface area (Å²) in [5.74, 6) is 1.72. The van der Waals surface area contributed by atoms with Crippen molar-refractivity contribution >= 4 is 11.0 Å². The second-order valence-corrected chi connectivity index (χ2v) is 5.60. The van der Waals surface area contributed by atoms with Crippen molar-refractivity contribution in [3.63, 3.8) is 0 Å². The zero-order chi connectivity index (χ0) is 13.9. The third-order valence-electron chi connectivity index (χ3n) is 3.74. The van der Waals surface area contributed by atoms with Gasteiger partial charge in [-0.25, -0.2) is 0 Å². The van der Waals surface area contributed by atoms with Gasteiger partial charge < -0.3 is 14.3 Å². The molecule has 3 aromatic rings. The molecule has 0 fully saturated rings. The van der Waals surface area contributed by atoms with Crippen LogP contribution in [0.2, 0.25) is 0 Å². The first kappa shape index (κ1) is 11.4. The summed E-state index contributed by atoms with van der Waals surface area (Å²) in [6.45, 7) is 3.95. The topological polar surface area (TPSA) is 42.6 Å². The summed E-state index contributed by atoms with van der Waals surface area (Å²) in [6.07, 6.45) is 0. The lowest BCUT2D eigenvalue weighted by Crippen LogP contribution is -2.28. The van der Waals surface area contributed by atoms with Gasteiger partial charge in [0.1, 0.15) is 17.1 Å². The molecule has 4 rings (SSSR count). The number of ether oxygens (including phenoxy) is 1. The van der Waals surface area contributed by atoms with Gasteiger partial charge in [0, 0.05) is 22.6 Å². The van der Waals surface area contributed by atoms with Gasteiger partial charge in [0.15, 0.2) is 11.4 Å². The highest BCUT2D eigenvalue weighted by molar-refractivity contribution is 5.98. The van der Waals surface area contributed by atoms with Crippen molar-refractivity contribution in [1.82, 2.24) is 0 Å². The van der Waals surface area contributed by atoms with Crippen molar-refractivity contribution in [3.05, 3.63) is 48.2 Å². The smallest absolute Gasteiger partial charge is 0.161 e. The highest BCUT2D eigenvalue weighted by atomic mass is 16.5. The monoisotopic (exact) mass is 266 g/mol. The summed E-state index contributed by atoms with van der Waals surface area (Å²) in [5, 5.41) is 10.7. The molecule has 1 N–H and O–H groups in total. The average Bonchev–Trinajstić information content (AvgIpc) is 2.79. The van der Waals surface area contributed by atoms with Crippen molar-refractivity contribution in [3.8, 4) is 22.6 Å². The van der Waals surface area contributed by atoms with Crippen LogP contribution < -0.4 is 4.74 Å². The Morgan fingerprint density at radius 1 is 1.05 bits per heavy atom. The van der Waals surface area contributed by atoms with Gasteiger partial charge in [0.2, 0.25) is 0 Å². The second-order valence-electron chi connectivity index (χ2n) is 5.60. The summed E-state index contributed by atoms with van der Waals surface area (Å²) < 4.78 is 12.0. The molecule has 3 nitrogen and oxygen atoms in total. The lowest BCUT2D eigenvalue weighted by atomic mass is 9.91. The van der Waals surface area contributed by atoms with Gasteiger partial charge in [-0.3, -0.25) is 0 Å². The summed E-state index contributed by atoms with van der Waals surface area (Å²) in [5.41, 5.74) is 2.32. The molecule has 0 saturated heterocycles. The molecule has 100 valence electrons. The molecule has 20 heavy (non-hydrogen) atoms. The van der Waals surface area contributed by atoms with Crippen LogP contribution in [0.25, 0.3) is 22.1 Å². The number of phenolic OH excluding ortho intramolecular Hbond substituents is 1. The maximum absolute atomic E-state index is 9.67. The minimum atomic E-state index is -0.560. The Balaban J connectivity index is 2.15. The van der Waals surface area contributed by atoms with E-state index in [0.717, 1.165) is 27.9 Å². The largest absolute Gasteiger partial charge is 0.508 e. The number of benzene rings is 2. The standard InChI is InChI=1S/C17H14O3/c1-17(2)16-15(11-5-3-4-6-13(11)19-16)12-8-7-10(18)9-14(12)20-17/h3-9,18H,1-2H3. The number of furan rings is 1. The first-order valence-corrected chi connectivity index (χ1v) is 6.61. The van der Waals surface area contributed by atoms with E-state index in [-0.39, 0.29) is 5.75 Å². The Morgan fingerprint density at radius 3 is 2.70 bits per heavy atom. The predicted octanol–water partition coefficient (Wildman–Crippen LogP) is 4.43. The summed E-state index contributed by atoms with van der Waals surface area (Å²) in [6, 6.07) is 13.2. The van der Waals surface area contributed by atoms with Crippen molar-refractivity contribution in [2.45, 2.75) is 19.4 Å². The fourth-order valence-corrected chi connectivity index (χ4v) is 2.86. The summed E-state index contributed by atoms with van der Waals surface area (Å²) in [7, 11) is 0. The van der Waals surface area contributed by atoms with E-state index in [1.165, 1.54) is 0 Å². The Labute approximate surface area is 116 Å². The first-order valence-electron chi connectivity index (χ1n) is 6.61. The summed E-state index contributed by atoms with van der Waals surface area (Å²) >= 11 is 0. The molecule has 0 bridgehead atoms. The van der Waals surface area contributed by atoms with Crippen molar-refractivity contribution < 1.29 is 14.3 Å². The minimum Gasteiger partial charge on any atom is -0.508 e. The van der Waals surface area contributed by atoms with Gasteiger partial charge in [0.05, 0.1) is 0 Å². The number of para-hydroxylation sites is 1. The lowest BCUT2D eigenvalue weighted by Gasteiger charge is -2.31. The molecule has 0 radical (unpaired) electrons. The number of hydrogen-bond acceptors (Lipinski definition) is 3. The number of fused-ring (bicyclic) bond motifs is 5. The summed E-state index contributed by atoms with van der Waals surface area (Å²) in [4.78, 5) is 0. The van der Waals surface area contributed by atoms with Gasteiger partial charge in [-0.15, -0.1) is 0 Å². The van der Waals surface area contributed by atoms with E-state index in [2.05, 4.69) is 6.07 Å². The molecule has 1 aromatic heterocycles. The van der Waals surface area contributed by atoms with Gasteiger partial charge >= 0.3 is 0 Å². The number of phenols is 1. The number of rotatable bonds is 0. The SMILES string of the molecule is CC1(C)Oc2cc(O)ccc2-c2c1oc1ccccc21. The Morgan fingerprint density at radius 2 is 1.85 bits per heavy atom. The van der Waals surface area contributed by atoms with Crippen LogP contribution in [-0.2, 0) is 5.60 Å². The van der Waals surface area contributed by atoms with Gasteiger partial charge in [-0.05, 0) is 32.0 Å². The van der Waals surface area contributed by atoms with Crippen LogP contribution >= 0.6 is 0 Å². The molecule has 1 aliphatic heterocycles. The third kappa shape index (κ3) is 1.40. The normalized spacial score (nSPS) is 15.5. The molecule has 0 amide bonds. The van der Waals surface area contributed by atoms with E-state index in [1.807, 2.05) is 38.1 Å². The fraction of sp³-hybridized carbons (Fsp3) is 0.176. The predicted molar refractivity (Wildman–Crippen MR) is 77.0 cm³/mol. The molecule has 3 heteroatoms. The van der Waals surface area contributed by atoms with E-state index >= 15 is 0 Å². The Bertz CT molecular complexity index is 827. The van der Waals surface area contributed by atoms with Gasteiger partial charge in [-0.1, -0.05) is 18.2 Å². The maximum Gasteiger partial charge on any atom is 0.161 e. The first-order chi connectivity index (χ1) is 9.56. The van der Waals surface area contributed by atoms with E-state index < -0.39 is 5.60 Å². The maximum atomic E-state index is 9.67. The fourth-order valence-electron chi connectivity index (χ4n) is 2.86. The molecular weight excluding hydrogens is 252 g/mol. The van der Waals surface area contributed by atoms with Crippen LogP contribution in [0.5, 0.6) is 11.5 Å². The lowest BCUT2D eigenvalue weighted by molar-refractivity contribution is 0.0810. The van der Waals surface area contributed by atoms with Crippen LogP contribution in [0.1, 0.15) is 19.6 Å². The van der Waals surface area contributed by atoms with E-state index in [4.69, 9.17) is 9.15 Å². The Kier molecular flexibility index (Phi) is 2.04. The highest BCUT2D eigenvalue weighted by Crippen LogP contribution is 2.50. The van der Waals surface area contributed by atoms with Crippen LogP contribution in [-0.4, -0.2) is 5.11 Å². The molecular formula is C17H14O3. The minimum absolute atomic E-state index is 0.204. The molecule has 0 saturated carbocycles. The van der Waals surface area contributed by atoms with Crippen LogP contribution in [0.4, 0.5) is 0 Å². The van der Waals surface area contributed by atoms with Crippen molar-refractivity contribution in [2.75, 3.05) is 0 Å². The van der Waals surface area contributed by atoms with E-state index in [0.29, 0.717) is 5.75 Å². The molecule has 2 aromatic carbocycles. The van der Waals surface area contributed by atoms with Crippen molar-refractivity contribution in [1.29, 1.82) is 0 Å². The Hall–Kier alpha value is -2.42.